The quantitative estimate of drug-likeness (QED) is 0.720. The van der Waals surface area contributed by atoms with Crippen LogP contribution in [0.4, 0.5) is 0 Å². The second-order valence-corrected chi connectivity index (χ2v) is 4.33. The maximum Gasteiger partial charge on any atom is 0.0243 e. The minimum Gasteiger partial charge on any atom is -0.291 e. The van der Waals surface area contributed by atoms with Crippen LogP contribution in [0.5, 0.6) is 0 Å². The molecule has 0 amide bonds. The Labute approximate surface area is 90.0 Å². The molecule has 0 radical (unpaired) electrons. The lowest BCUT2D eigenvalue weighted by atomic mass is 10.1. The zero-order valence-electron chi connectivity index (χ0n) is 8.33. The summed E-state index contributed by atoms with van der Waals surface area (Å²) in [5.74, 6) is 0. The molecule has 14 heavy (non-hydrogen) atoms. The van der Waals surface area contributed by atoms with Crippen molar-refractivity contribution in [1.82, 2.24) is 4.90 Å². The van der Waals surface area contributed by atoms with Crippen molar-refractivity contribution >= 4 is 11.6 Å². The van der Waals surface area contributed by atoms with Gasteiger partial charge < -0.3 is 0 Å². The van der Waals surface area contributed by atoms with Gasteiger partial charge in [-0.3, -0.25) is 4.90 Å². The number of fused-ring (bicyclic) bond motifs is 1. The van der Waals surface area contributed by atoms with Crippen molar-refractivity contribution in [2.24, 2.45) is 0 Å². The van der Waals surface area contributed by atoms with Crippen LogP contribution in [0.1, 0.15) is 18.1 Å². The van der Waals surface area contributed by atoms with E-state index in [0.29, 0.717) is 0 Å². The summed E-state index contributed by atoms with van der Waals surface area (Å²) in [6.45, 7) is 4.97. The highest BCUT2D eigenvalue weighted by Gasteiger charge is 2.16. The van der Waals surface area contributed by atoms with E-state index in [1.54, 1.807) is 0 Å². The van der Waals surface area contributed by atoms with E-state index in [9.17, 15) is 0 Å². The van der Waals surface area contributed by atoms with E-state index in [0.717, 1.165) is 24.7 Å². The monoisotopic (exact) mass is 207 g/mol. The molecule has 0 spiro atoms. The highest BCUT2D eigenvalue weighted by molar-refractivity contribution is 6.29. The molecule has 0 saturated carbocycles. The van der Waals surface area contributed by atoms with Crippen LogP contribution in [0.2, 0.25) is 0 Å². The Hall–Kier alpha value is -0.790. The maximum atomic E-state index is 5.80. The molecule has 2 rings (SSSR count). The molecule has 0 aliphatic carbocycles. The molecule has 0 bridgehead atoms. The van der Waals surface area contributed by atoms with Crippen LogP contribution < -0.4 is 0 Å². The van der Waals surface area contributed by atoms with Gasteiger partial charge >= 0.3 is 0 Å². The number of rotatable bonds is 2. The van der Waals surface area contributed by atoms with Crippen molar-refractivity contribution in [3.05, 3.63) is 46.5 Å². The molecule has 1 nitrogen and oxygen atoms in total. The molecule has 0 aromatic heterocycles. The van der Waals surface area contributed by atoms with Crippen molar-refractivity contribution in [2.75, 3.05) is 6.54 Å². The van der Waals surface area contributed by atoms with Crippen molar-refractivity contribution < 1.29 is 0 Å². The van der Waals surface area contributed by atoms with E-state index in [-0.39, 0.29) is 0 Å². The van der Waals surface area contributed by atoms with Gasteiger partial charge in [0.1, 0.15) is 0 Å². The maximum absolute atomic E-state index is 5.80. The first-order chi connectivity index (χ1) is 6.75. The number of allylic oxidation sites excluding steroid dienone is 1. The molecule has 1 heterocycles. The fraction of sp³-hybridized carbons (Fsp3) is 0.333. The first-order valence-electron chi connectivity index (χ1n) is 4.87. The molecule has 0 atom stereocenters. The second-order valence-electron chi connectivity index (χ2n) is 3.73. The highest BCUT2D eigenvalue weighted by atomic mass is 35.5. The fourth-order valence-electron chi connectivity index (χ4n) is 1.79. The van der Waals surface area contributed by atoms with Crippen LogP contribution in [0.3, 0.4) is 0 Å². The standard InChI is InChI=1S/C12H14ClN/c1-10(13)6-7-14-8-11-4-2-3-5-12(11)9-14/h2-6H,7-9H2,1H3. The third-order valence-corrected chi connectivity index (χ3v) is 2.69. The van der Waals surface area contributed by atoms with Gasteiger partial charge in [0.25, 0.3) is 0 Å². The topological polar surface area (TPSA) is 3.24 Å². The Bertz CT molecular complexity index is 328. The zero-order valence-corrected chi connectivity index (χ0v) is 9.09. The van der Waals surface area contributed by atoms with E-state index in [1.165, 1.54) is 11.1 Å². The molecule has 0 saturated heterocycles. The van der Waals surface area contributed by atoms with Gasteiger partial charge in [0.2, 0.25) is 0 Å². The summed E-state index contributed by atoms with van der Waals surface area (Å²) >= 11 is 5.80. The summed E-state index contributed by atoms with van der Waals surface area (Å²) in [6.07, 6.45) is 2.06. The lowest BCUT2D eigenvalue weighted by Gasteiger charge is -2.11. The third kappa shape index (κ3) is 2.17. The smallest absolute Gasteiger partial charge is 0.0243 e. The van der Waals surface area contributed by atoms with Gasteiger partial charge in [-0.2, -0.15) is 0 Å². The Morgan fingerprint density at radius 1 is 1.36 bits per heavy atom. The van der Waals surface area contributed by atoms with Crippen LogP contribution in [0.15, 0.2) is 35.4 Å². The Balaban J connectivity index is 2.02. The van der Waals surface area contributed by atoms with Crippen molar-refractivity contribution in [1.29, 1.82) is 0 Å². The van der Waals surface area contributed by atoms with Crippen LogP contribution in [0, 0.1) is 0 Å². The number of hydrogen-bond donors (Lipinski definition) is 0. The molecular weight excluding hydrogens is 194 g/mol. The molecule has 1 aliphatic heterocycles. The molecule has 74 valence electrons. The van der Waals surface area contributed by atoms with Gasteiger partial charge in [0.15, 0.2) is 0 Å². The van der Waals surface area contributed by atoms with Crippen LogP contribution in [-0.4, -0.2) is 11.4 Å². The Morgan fingerprint density at radius 3 is 2.43 bits per heavy atom. The van der Waals surface area contributed by atoms with Gasteiger partial charge in [-0.15, -0.1) is 0 Å². The summed E-state index contributed by atoms with van der Waals surface area (Å²) in [6, 6.07) is 8.61. The zero-order chi connectivity index (χ0) is 9.97. The number of benzene rings is 1. The molecule has 1 aromatic carbocycles. The molecule has 0 N–H and O–H groups in total. The normalized spacial score (nSPS) is 17.1. The average molecular weight is 208 g/mol. The average Bonchev–Trinajstić information content (AvgIpc) is 2.57. The molecule has 2 heteroatoms. The van der Waals surface area contributed by atoms with Gasteiger partial charge in [-0.1, -0.05) is 41.9 Å². The van der Waals surface area contributed by atoms with Crippen LogP contribution >= 0.6 is 11.6 Å². The van der Waals surface area contributed by atoms with Crippen molar-refractivity contribution in [3.63, 3.8) is 0 Å². The number of halogens is 1. The molecule has 0 unspecified atom stereocenters. The van der Waals surface area contributed by atoms with Crippen molar-refractivity contribution in [3.8, 4) is 0 Å². The van der Waals surface area contributed by atoms with E-state index in [1.807, 2.05) is 6.92 Å². The first kappa shape index (κ1) is 9.75. The van der Waals surface area contributed by atoms with Gasteiger partial charge in [0, 0.05) is 24.7 Å². The van der Waals surface area contributed by atoms with E-state index < -0.39 is 0 Å². The predicted octanol–water partition coefficient (Wildman–Crippen LogP) is 3.14. The summed E-state index contributed by atoms with van der Waals surface area (Å²) < 4.78 is 0. The fourth-order valence-corrected chi connectivity index (χ4v) is 1.86. The molecular formula is C12H14ClN. The minimum atomic E-state index is 0.876. The number of hydrogen-bond acceptors (Lipinski definition) is 1. The molecule has 1 aromatic rings. The van der Waals surface area contributed by atoms with Gasteiger partial charge in [0.05, 0.1) is 0 Å². The summed E-state index contributed by atoms with van der Waals surface area (Å²) in [5.41, 5.74) is 2.90. The Kier molecular flexibility index (Phi) is 2.90. The summed E-state index contributed by atoms with van der Waals surface area (Å²) in [4.78, 5) is 2.39. The third-order valence-electron chi connectivity index (χ3n) is 2.54. The number of nitrogens with zero attached hydrogens (tertiary/aromatic N) is 1. The highest BCUT2D eigenvalue weighted by Crippen LogP contribution is 2.21. The van der Waals surface area contributed by atoms with Crippen molar-refractivity contribution in [2.45, 2.75) is 20.0 Å². The SMILES string of the molecule is CC(Cl)=CCN1Cc2ccccc2C1. The molecule has 0 fully saturated rings. The van der Waals surface area contributed by atoms with Gasteiger partial charge in [-0.25, -0.2) is 0 Å². The predicted molar refractivity (Wildman–Crippen MR) is 60.2 cm³/mol. The lowest BCUT2D eigenvalue weighted by molar-refractivity contribution is 0.316. The Morgan fingerprint density at radius 2 is 1.93 bits per heavy atom. The second kappa shape index (κ2) is 4.16. The summed E-state index contributed by atoms with van der Waals surface area (Å²) in [5, 5.41) is 0.876. The van der Waals surface area contributed by atoms with Crippen LogP contribution in [0.25, 0.3) is 0 Å². The minimum absolute atomic E-state index is 0.876. The van der Waals surface area contributed by atoms with Crippen LogP contribution in [-0.2, 0) is 13.1 Å². The van der Waals surface area contributed by atoms with E-state index in [4.69, 9.17) is 11.6 Å². The van der Waals surface area contributed by atoms with E-state index in [2.05, 4.69) is 35.2 Å². The lowest BCUT2D eigenvalue weighted by Crippen LogP contribution is -2.15. The summed E-state index contributed by atoms with van der Waals surface area (Å²) in [7, 11) is 0. The molecule has 1 aliphatic rings. The van der Waals surface area contributed by atoms with Gasteiger partial charge in [-0.05, 0) is 18.1 Å². The first-order valence-corrected chi connectivity index (χ1v) is 5.25. The largest absolute Gasteiger partial charge is 0.291 e. The van der Waals surface area contributed by atoms with E-state index >= 15 is 0 Å².